The summed E-state index contributed by atoms with van der Waals surface area (Å²) in [5, 5.41) is 14.3. The topological polar surface area (TPSA) is 142 Å². The number of hydrogen-bond donors (Lipinski definition) is 4. The number of carbonyl (C=O) groups excluding carboxylic acids is 3. The number of carbonyl (C=O) groups is 4. The molecular weight excluding hydrogens is 328 g/mol. The molecule has 0 spiro atoms. The Bertz CT molecular complexity index is 523. The molecule has 1 aliphatic rings. The lowest BCUT2D eigenvalue weighted by molar-refractivity contribution is -0.149. The first kappa shape index (κ1) is 20.9. The molecular formula is C16H28N4O5. The van der Waals surface area contributed by atoms with E-state index in [-0.39, 0.29) is 12.5 Å². The van der Waals surface area contributed by atoms with Crippen LogP contribution in [-0.4, -0.2) is 64.9 Å². The highest BCUT2D eigenvalue weighted by Gasteiger charge is 2.38. The van der Waals surface area contributed by atoms with Gasteiger partial charge in [0, 0.05) is 6.54 Å². The average Bonchev–Trinajstić information content (AvgIpc) is 3.02. The highest BCUT2D eigenvalue weighted by Crippen LogP contribution is 2.20. The second-order valence-corrected chi connectivity index (χ2v) is 6.71. The maximum absolute atomic E-state index is 12.8. The van der Waals surface area contributed by atoms with Crippen molar-refractivity contribution < 1.29 is 24.3 Å². The number of carboxylic acids is 1. The zero-order valence-electron chi connectivity index (χ0n) is 14.9. The summed E-state index contributed by atoms with van der Waals surface area (Å²) in [6.45, 7) is 5.44. The molecule has 3 amide bonds. The third-order valence-corrected chi connectivity index (χ3v) is 4.10. The summed E-state index contributed by atoms with van der Waals surface area (Å²) >= 11 is 0. The van der Waals surface area contributed by atoms with Gasteiger partial charge in [-0.3, -0.25) is 14.4 Å². The number of aliphatic carboxylic acids is 1. The van der Waals surface area contributed by atoms with Gasteiger partial charge >= 0.3 is 5.97 Å². The molecule has 3 unspecified atom stereocenters. The summed E-state index contributed by atoms with van der Waals surface area (Å²) < 4.78 is 0. The van der Waals surface area contributed by atoms with Crippen LogP contribution < -0.4 is 16.4 Å². The summed E-state index contributed by atoms with van der Waals surface area (Å²) in [5.41, 5.74) is 5.20. The van der Waals surface area contributed by atoms with Crippen LogP contribution in [0.4, 0.5) is 0 Å². The molecule has 9 nitrogen and oxygen atoms in total. The van der Waals surface area contributed by atoms with E-state index in [1.54, 1.807) is 0 Å². The van der Waals surface area contributed by atoms with Gasteiger partial charge in [-0.25, -0.2) is 4.79 Å². The predicted octanol–water partition coefficient (Wildman–Crippen LogP) is -0.944. The molecule has 0 aromatic rings. The molecule has 0 bridgehead atoms. The Hall–Kier alpha value is -2.16. The van der Waals surface area contributed by atoms with E-state index in [0.29, 0.717) is 25.8 Å². The van der Waals surface area contributed by atoms with Crippen LogP contribution in [0.5, 0.6) is 0 Å². The quantitative estimate of drug-likeness (QED) is 0.442. The van der Waals surface area contributed by atoms with Crippen molar-refractivity contribution in [3.8, 4) is 0 Å². The molecule has 1 aliphatic heterocycles. The molecule has 0 saturated carbocycles. The monoisotopic (exact) mass is 356 g/mol. The number of amides is 3. The lowest BCUT2D eigenvalue weighted by atomic mass is 10.0. The van der Waals surface area contributed by atoms with Gasteiger partial charge in [0.2, 0.25) is 17.7 Å². The number of nitrogens with one attached hydrogen (secondary N) is 2. The van der Waals surface area contributed by atoms with Crippen molar-refractivity contribution in [2.45, 2.75) is 58.2 Å². The van der Waals surface area contributed by atoms with E-state index >= 15 is 0 Å². The third kappa shape index (κ3) is 6.00. The van der Waals surface area contributed by atoms with Crippen LogP contribution >= 0.6 is 0 Å². The molecule has 1 fully saturated rings. The molecule has 0 radical (unpaired) electrons. The van der Waals surface area contributed by atoms with Gasteiger partial charge in [0.05, 0.1) is 6.54 Å². The number of rotatable bonds is 8. The average molecular weight is 356 g/mol. The van der Waals surface area contributed by atoms with E-state index in [2.05, 4.69) is 10.6 Å². The second kappa shape index (κ2) is 9.36. The van der Waals surface area contributed by atoms with Gasteiger partial charge in [0.1, 0.15) is 18.1 Å². The van der Waals surface area contributed by atoms with E-state index in [1.807, 2.05) is 13.8 Å². The van der Waals surface area contributed by atoms with E-state index in [4.69, 9.17) is 5.73 Å². The van der Waals surface area contributed by atoms with Crippen molar-refractivity contribution >= 4 is 23.7 Å². The summed E-state index contributed by atoms with van der Waals surface area (Å²) in [6, 6.07) is -2.52. The van der Waals surface area contributed by atoms with Crippen molar-refractivity contribution in [1.29, 1.82) is 0 Å². The first-order chi connectivity index (χ1) is 11.7. The van der Waals surface area contributed by atoms with Crippen molar-refractivity contribution in [3.05, 3.63) is 0 Å². The molecule has 1 heterocycles. The van der Waals surface area contributed by atoms with Crippen LogP contribution in [0.3, 0.4) is 0 Å². The fourth-order valence-corrected chi connectivity index (χ4v) is 2.84. The normalized spacial score (nSPS) is 19.4. The number of carboxylic acid groups (broad SMARTS) is 1. The zero-order chi connectivity index (χ0) is 19.1. The van der Waals surface area contributed by atoms with Gasteiger partial charge in [-0.15, -0.1) is 0 Å². The molecule has 142 valence electrons. The van der Waals surface area contributed by atoms with E-state index < -0.39 is 41.8 Å². The summed E-state index contributed by atoms with van der Waals surface area (Å²) in [6.07, 6.45) is 1.41. The molecule has 0 aromatic heterocycles. The summed E-state index contributed by atoms with van der Waals surface area (Å²) in [7, 11) is 0. The van der Waals surface area contributed by atoms with Crippen LogP contribution in [0.15, 0.2) is 0 Å². The minimum Gasteiger partial charge on any atom is -0.480 e. The smallest absolute Gasteiger partial charge is 0.326 e. The van der Waals surface area contributed by atoms with Crippen LogP contribution in [0.2, 0.25) is 0 Å². The Balaban J connectivity index is 2.82. The third-order valence-electron chi connectivity index (χ3n) is 4.10. The number of likely N-dealkylation sites (tertiary alicyclic amines) is 1. The molecule has 0 aliphatic carbocycles. The van der Waals surface area contributed by atoms with E-state index in [9.17, 15) is 24.3 Å². The Morgan fingerprint density at radius 1 is 1.20 bits per heavy atom. The summed E-state index contributed by atoms with van der Waals surface area (Å²) in [4.78, 5) is 49.0. The first-order valence-electron chi connectivity index (χ1n) is 8.50. The predicted molar refractivity (Wildman–Crippen MR) is 90.4 cm³/mol. The molecule has 9 heteroatoms. The summed E-state index contributed by atoms with van der Waals surface area (Å²) in [5.74, 6) is -2.30. The Labute approximate surface area is 147 Å². The molecule has 1 saturated heterocycles. The van der Waals surface area contributed by atoms with Crippen LogP contribution in [0.25, 0.3) is 0 Å². The van der Waals surface area contributed by atoms with Crippen molar-refractivity contribution in [2.75, 3.05) is 13.1 Å². The Kier molecular flexibility index (Phi) is 7.82. The largest absolute Gasteiger partial charge is 0.480 e. The van der Waals surface area contributed by atoms with Crippen LogP contribution in [0, 0.1) is 5.92 Å². The van der Waals surface area contributed by atoms with Crippen LogP contribution in [0.1, 0.15) is 40.0 Å². The van der Waals surface area contributed by atoms with Crippen molar-refractivity contribution in [1.82, 2.24) is 15.5 Å². The molecule has 3 atom stereocenters. The van der Waals surface area contributed by atoms with Gasteiger partial charge in [0.15, 0.2) is 0 Å². The lowest BCUT2D eigenvalue weighted by Gasteiger charge is -2.29. The van der Waals surface area contributed by atoms with Crippen LogP contribution in [-0.2, 0) is 19.2 Å². The van der Waals surface area contributed by atoms with Gasteiger partial charge in [-0.1, -0.05) is 13.8 Å². The maximum Gasteiger partial charge on any atom is 0.326 e. The minimum atomic E-state index is -1.04. The number of nitrogens with zero attached hydrogens (tertiary/aromatic N) is 1. The minimum absolute atomic E-state index is 0.120. The first-order valence-corrected chi connectivity index (χ1v) is 8.50. The van der Waals surface area contributed by atoms with Gasteiger partial charge < -0.3 is 26.4 Å². The zero-order valence-corrected chi connectivity index (χ0v) is 14.9. The van der Waals surface area contributed by atoms with Crippen molar-refractivity contribution in [3.63, 3.8) is 0 Å². The second-order valence-electron chi connectivity index (χ2n) is 6.71. The SMILES string of the molecule is CC(C)CC(NC(=O)C(C)NC(=O)CN)C(=O)N1CCCC1C(=O)O. The number of hydrogen-bond acceptors (Lipinski definition) is 5. The fourth-order valence-electron chi connectivity index (χ4n) is 2.84. The molecule has 25 heavy (non-hydrogen) atoms. The lowest BCUT2D eigenvalue weighted by Crippen LogP contribution is -2.55. The molecule has 1 rings (SSSR count). The maximum atomic E-state index is 12.8. The van der Waals surface area contributed by atoms with E-state index in [0.717, 1.165) is 0 Å². The van der Waals surface area contributed by atoms with E-state index in [1.165, 1.54) is 11.8 Å². The van der Waals surface area contributed by atoms with Crippen molar-refractivity contribution in [2.24, 2.45) is 11.7 Å². The fraction of sp³-hybridized carbons (Fsp3) is 0.750. The highest BCUT2D eigenvalue weighted by atomic mass is 16.4. The highest BCUT2D eigenvalue weighted by molar-refractivity contribution is 5.93. The number of nitrogens with two attached hydrogens (primary N) is 1. The Morgan fingerprint density at radius 2 is 1.84 bits per heavy atom. The standard InChI is InChI=1S/C16H28N4O5/c1-9(2)7-11(19-14(22)10(3)18-13(21)8-17)15(23)20-6-4-5-12(20)16(24)25/h9-12H,4-8,17H2,1-3H3,(H,18,21)(H,19,22)(H,24,25). The Morgan fingerprint density at radius 3 is 2.36 bits per heavy atom. The van der Waals surface area contributed by atoms with Gasteiger partial charge in [-0.2, -0.15) is 0 Å². The molecule has 0 aromatic carbocycles. The van der Waals surface area contributed by atoms with Gasteiger partial charge in [-0.05, 0) is 32.1 Å². The molecule has 5 N–H and O–H groups in total. The van der Waals surface area contributed by atoms with Gasteiger partial charge in [0.25, 0.3) is 0 Å².